The van der Waals surface area contributed by atoms with Crippen molar-refractivity contribution in [3.8, 4) is 5.75 Å². The van der Waals surface area contributed by atoms with E-state index in [0.29, 0.717) is 5.56 Å². The number of carbonyl (C=O) groups excluding carboxylic acids is 1. The molecule has 6 heteroatoms. The maximum atomic E-state index is 12.4. The Labute approximate surface area is 142 Å². The van der Waals surface area contributed by atoms with E-state index in [0.717, 1.165) is 5.56 Å². The zero-order chi connectivity index (χ0) is 17.7. The number of esters is 1. The van der Waals surface area contributed by atoms with Crippen LogP contribution in [0.4, 0.5) is 0 Å². The van der Waals surface area contributed by atoms with E-state index in [9.17, 15) is 13.2 Å². The van der Waals surface area contributed by atoms with E-state index in [-0.39, 0.29) is 17.3 Å². The number of hydrogen-bond donors (Lipinski definition) is 0. The van der Waals surface area contributed by atoms with Crippen molar-refractivity contribution in [3.63, 3.8) is 0 Å². The van der Waals surface area contributed by atoms with Crippen LogP contribution < -0.4 is 4.18 Å². The SMILES string of the molecule is CCOC(=O)C(C)c1ccccc1OS(=O)(=O)c1ccc(C)cc1. The number of benzene rings is 2. The molecule has 0 aliphatic heterocycles. The van der Waals surface area contributed by atoms with Gasteiger partial charge in [0.25, 0.3) is 0 Å². The lowest BCUT2D eigenvalue weighted by molar-refractivity contribution is -0.144. The highest BCUT2D eigenvalue weighted by molar-refractivity contribution is 7.87. The molecule has 0 saturated carbocycles. The summed E-state index contributed by atoms with van der Waals surface area (Å²) < 4.78 is 35.2. The summed E-state index contributed by atoms with van der Waals surface area (Å²) >= 11 is 0. The summed E-state index contributed by atoms with van der Waals surface area (Å²) in [6, 6.07) is 12.9. The van der Waals surface area contributed by atoms with Gasteiger partial charge in [0.15, 0.2) is 0 Å². The van der Waals surface area contributed by atoms with Crippen molar-refractivity contribution < 1.29 is 22.1 Å². The number of hydrogen-bond acceptors (Lipinski definition) is 5. The van der Waals surface area contributed by atoms with Crippen LogP contribution in [0.3, 0.4) is 0 Å². The molecule has 0 aliphatic carbocycles. The molecular formula is C18H20O5S. The average Bonchev–Trinajstić information content (AvgIpc) is 2.55. The summed E-state index contributed by atoms with van der Waals surface area (Å²) in [7, 11) is -3.98. The third kappa shape index (κ3) is 4.14. The Balaban J connectivity index is 2.33. The predicted molar refractivity (Wildman–Crippen MR) is 90.5 cm³/mol. The zero-order valence-electron chi connectivity index (χ0n) is 13.9. The van der Waals surface area contributed by atoms with E-state index >= 15 is 0 Å². The summed E-state index contributed by atoms with van der Waals surface area (Å²) in [5.41, 5.74) is 1.41. The molecule has 0 saturated heterocycles. The Morgan fingerprint density at radius 3 is 2.33 bits per heavy atom. The Bertz CT molecular complexity index is 810. The normalized spacial score (nSPS) is 12.5. The third-order valence-electron chi connectivity index (χ3n) is 3.53. The molecule has 2 aromatic rings. The lowest BCUT2D eigenvalue weighted by atomic mass is 10.0. The van der Waals surface area contributed by atoms with Crippen LogP contribution in [0.15, 0.2) is 53.4 Å². The monoisotopic (exact) mass is 348 g/mol. The first kappa shape index (κ1) is 18.0. The highest BCUT2D eigenvalue weighted by Gasteiger charge is 2.24. The van der Waals surface area contributed by atoms with Crippen LogP contribution >= 0.6 is 0 Å². The molecule has 0 bridgehead atoms. The first-order valence-electron chi connectivity index (χ1n) is 7.62. The van der Waals surface area contributed by atoms with Gasteiger partial charge in [-0.05, 0) is 39.0 Å². The Morgan fingerprint density at radius 1 is 1.08 bits per heavy atom. The molecule has 5 nitrogen and oxygen atoms in total. The van der Waals surface area contributed by atoms with Crippen molar-refractivity contribution in [1.29, 1.82) is 0 Å². The number of carbonyl (C=O) groups is 1. The summed E-state index contributed by atoms with van der Waals surface area (Å²) in [6.07, 6.45) is 0. The first-order chi connectivity index (χ1) is 11.3. The number of rotatable bonds is 6. The van der Waals surface area contributed by atoms with Gasteiger partial charge in [0, 0.05) is 5.56 Å². The predicted octanol–water partition coefficient (Wildman–Crippen LogP) is 3.43. The van der Waals surface area contributed by atoms with Crippen LogP contribution in [-0.4, -0.2) is 21.0 Å². The molecule has 0 spiro atoms. The maximum absolute atomic E-state index is 12.4. The Morgan fingerprint density at radius 2 is 1.71 bits per heavy atom. The van der Waals surface area contributed by atoms with Crippen LogP contribution in [0.1, 0.15) is 30.9 Å². The van der Waals surface area contributed by atoms with Gasteiger partial charge in [0.05, 0.1) is 12.5 Å². The summed E-state index contributed by atoms with van der Waals surface area (Å²) in [6.45, 7) is 5.50. The van der Waals surface area contributed by atoms with Crippen molar-refractivity contribution in [2.45, 2.75) is 31.6 Å². The summed E-state index contributed by atoms with van der Waals surface area (Å²) in [4.78, 5) is 12.0. The van der Waals surface area contributed by atoms with Gasteiger partial charge in [0.1, 0.15) is 10.6 Å². The van der Waals surface area contributed by atoms with E-state index in [1.165, 1.54) is 18.2 Å². The second-order valence-corrected chi connectivity index (χ2v) is 6.91. The van der Waals surface area contributed by atoms with E-state index in [1.807, 2.05) is 6.92 Å². The van der Waals surface area contributed by atoms with Gasteiger partial charge in [-0.25, -0.2) is 0 Å². The second-order valence-electron chi connectivity index (χ2n) is 5.36. The van der Waals surface area contributed by atoms with Crippen molar-refractivity contribution >= 4 is 16.1 Å². The molecule has 24 heavy (non-hydrogen) atoms. The third-order valence-corrected chi connectivity index (χ3v) is 4.78. The lowest BCUT2D eigenvalue weighted by Gasteiger charge is -2.15. The van der Waals surface area contributed by atoms with Gasteiger partial charge in [-0.1, -0.05) is 35.9 Å². The van der Waals surface area contributed by atoms with E-state index in [2.05, 4.69) is 0 Å². The number of para-hydroxylation sites is 1. The van der Waals surface area contributed by atoms with Gasteiger partial charge >= 0.3 is 16.1 Å². The van der Waals surface area contributed by atoms with Crippen LogP contribution in [0, 0.1) is 6.92 Å². The number of aryl methyl sites for hydroxylation is 1. The van der Waals surface area contributed by atoms with Crippen molar-refractivity contribution in [3.05, 3.63) is 59.7 Å². The Kier molecular flexibility index (Phi) is 5.62. The molecule has 0 N–H and O–H groups in total. The molecule has 1 unspecified atom stereocenters. The highest BCUT2D eigenvalue weighted by Crippen LogP contribution is 2.29. The van der Waals surface area contributed by atoms with Crippen LogP contribution in [0.5, 0.6) is 5.75 Å². The summed E-state index contributed by atoms with van der Waals surface area (Å²) in [5, 5.41) is 0. The van der Waals surface area contributed by atoms with Gasteiger partial charge in [-0.15, -0.1) is 0 Å². The van der Waals surface area contributed by atoms with Crippen LogP contribution in [0.2, 0.25) is 0 Å². The zero-order valence-corrected chi connectivity index (χ0v) is 14.7. The maximum Gasteiger partial charge on any atom is 0.339 e. The fraction of sp³-hybridized carbons (Fsp3) is 0.278. The van der Waals surface area contributed by atoms with E-state index < -0.39 is 22.0 Å². The van der Waals surface area contributed by atoms with Crippen molar-refractivity contribution in [2.75, 3.05) is 6.61 Å². The fourth-order valence-corrected chi connectivity index (χ4v) is 3.13. The highest BCUT2D eigenvalue weighted by atomic mass is 32.2. The second kappa shape index (κ2) is 7.49. The summed E-state index contributed by atoms with van der Waals surface area (Å²) in [5.74, 6) is -0.936. The minimum Gasteiger partial charge on any atom is -0.466 e. The first-order valence-corrected chi connectivity index (χ1v) is 9.02. The smallest absolute Gasteiger partial charge is 0.339 e. The van der Waals surface area contributed by atoms with Crippen LogP contribution in [-0.2, 0) is 19.6 Å². The standard InChI is InChI=1S/C18H20O5S/c1-4-22-18(19)14(3)16-7-5-6-8-17(16)23-24(20,21)15-11-9-13(2)10-12-15/h5-12,14H,4H2,1-3H3. The minimum atomic E-state index is -3.98. The molecular weight excluding hydrogens is 328 g/mol. The minimum absolute atomic E-state index is 0.0618. The molecule has 0 heterocycles. The van der Waals surface area contributed by atoms with E-state index in [1.54, 1.807) is 44.2 Å². The van der Waals surface area contributed by atoms with Crippen molar-refractivity contribution in [1.82, 2.24) is 0 Å². The molecule has 1 atom stereocenters. The molecule has 0 radical (unpaired) electrons. The Hall–Kier alpha value is -2.34. The molecule has 0 fully saturated rings. The van der Waals surface area contributed by atoms with Gasteiger partial charge in [0.2, 0.25) is 0 Å². The quantitative estimate of drug-likeness (QED) is 0.591. The van der Waals surface area contributed by atoms with E-state index in [4.69, 9.17) is 8.92 Å². The molecule has 128 valence electrons. The average molecular weight is 348 g/mol. The van der Waals surface area contributed by atoms with Gasteiger partial charge < -0.3 is 8.92 Å². The fourth-order valence-electron chi connectivity index (χ4n) is 2.18. The molecule has 2 rings (SSSR count). The van der Waals surface area contributed by atoms with Crippen molar-refractivity contribution in [2.24, 2.45) is 0 Å². The van der Waals surface area contributed by atoms with Gasteiger partial charge in [-0.3, -0.25) is 4.79 Å². The lowest BCUT2D eigenvalue weighted by Crippen LogP contribution is -2.16. The molecule has 2 aromatic carbocycles. The molecule has 0 amide bonds. The topological polar surface area (TPSA) is 69.7 Å². The van der Waals surface area contributed by atoms with Crippen LogP contribution in [0.25, 0.3) is 0 Å². The number of ether oxygens (including phenoxy) is 1. The molecule has 0 aromatic heterocycles. The largest absolute Gasteiger partial charge is 0.466 e. The molecule has 0 aliphatic rings. The van der Waals surface area contributed by atoms with Gasteiger partial charge in [-0.2, -0.15) is 8.42 Å².